The molecule has 3 amide bonds. The zero-order valence-corrected chi connectivity index (χ0v) is 17.9. The highest BCUT2D eigenvalue weighted by Crippen LogP contribution is 2.32. The predicted molar refractivity (Wildman–Crippen MR) is 122 cm³/mol. The Hall–Kier alpha value is -3.30. The molecule has 0 spiro atoms. The number of amides is 3. The molecule has 34 heavy (non-hydrogen) atoms. The minimum absolute atomic E-state index is 0.0503. The van der Waals surface area contributed by atoms with Crippen molar-refractivity contribution < 1.29 is 35.8 Å². The Balaban J connectivity index is 1.33. The van der Waals surface area contributed by atoms with E-state index in [2.05, 4.69) is 15.4 Å². The summed E-state index contributed by atoms with van der Waals surface area (Å²) in [6.07, 6.45) is -0.239. The summed E-state index contributed by atoms with van der Waals surface area (Å²) in [5.74, 6) is -2.71. The van der Waals surface area contributed by atoms with Crippen LogP contribution in [0.25, 0.3) is 0 Å². The van der Waals surface area contributed by atoms with Gasteiger partial charge in [0.15, 0.2) is 0 Å². The van der Waals surface area contributed by atoms with Crippen molar-refractivity contribution in [3.05, 3.63) is 64.5 Å². The quantitative estimate of drug-likeness (QED) is 0.622. The van der Waals surface area contributed by atoms with Gasteiger partial charge in [-0.1, -0.05) is 18.2 Å². The number of imide groups is 1. The van der Waals surface area contributed by atoms with E-state index in [0.29, 0.717) is 16.2 Å². The molecule has 5 rings (SSSR count). The second kappa shape index (κ2) is 9.52. The highest BCUT2D eigenvalue weighted by atomic mass is 19.1. The van der Waals surface area contributed by atoms with Crippen molar-refractivity contribution in [2.45, 2.75) is 38.5 Å². The molecule has 2 aromatic rings. The van der Waals surface area contributed by atoms with Crippen LogP contribution >= 0.6 is 0 Å². The zero-order chi connectivity index (χ0) is 31.8. The number of anilines is 1. The van der Waals surface area contributed by atoms with Crippen LogP contribution in [0.3, 0.4) is 0 Å². The fourth-order valence-corrected chi connectivity index (χ4v) is 4.07. The molecule has 3 heterocycles. The van der Waals surface area contributed by atoms with Crippen LogP contribution in [0.15, 0.2) is 36.4 Å². The number of nitrogens with one attached hydrogen (secondary N) is 2. The van der Waals surface area contributed by atoms with Crippen LogP contribution in [-0.2, 0) is 34.0 Å². The van der Waals surface area contributed by atoms with E-state index in [0.717, 1.165) is 11.0 Å². The normalized spacial score (nSPS) is 32.9. The molecule has 3 aliphatic rings. The lowest BCUT2D eigenvalue weighted by molar-refractivity contribution is -0.136. The molecule has 0 radical (unpaired) electrons. The first-order valence-electron chi connectivity index (χ1n) is 15.1. The van der Waals surface area contributed by atoms with Crippen LogP contribution in [0, 0.1) is 5.82 Å². The fourth-order valence-electron chi connectivity index (χ4n) is 4.07. The number of hydrogen-bond acceptors (Lipinski definition) is 6. The van der Waals surface area contributed by atoms with E-state index in [1.807, 2.05) is 0 Å². The molecule has 1 atom stereocenters. The third kappa shape index (κ3) is 4.53. The number of carbonyl (C=O) groups is 3. The number of halogens is 1. The van der Waals surface area contributed by atoms with Gasteiger partial charge >= 0.3 is 0 Å². The largest absolute Gasteiger partial charge is 0.381 e. The Morgan fingerprint density at radius 1 is 1.21 bits per heavy atom. The topological polar surface area (TPSA) is 91.0 Å². The van der Waals surface area contributed by atoms with Gasteiger partial charge < -0.3 is 15.0 Å². The van der Waals surface area contributed by atoms with E-state index in [1.54, 1.807) is 18.2 Å². The summed E-state index contributed by atoms with van der Waals surface area (Å²) in [5.41, 5.74) is 1.39. The van der Waals surface area contributed by atoms with E-state index >= 15 is 4.39 Å². The molecule has 178 valence electrons. The molecule has 3 aliphatic heterocycles. The number of benzene rings is 2. The third-order valence-electron chi connectivity index (χ3n) is 5.79. The first-order valence-corrected chi connectivity index (χ1v) is 10.6. The molecule has 9 heteroatoms. The summed E-state index contributed by atoms with van der Waals surface area (Å²) < 4.78 is 92.0. The Kier molecular flexibility index (Phi) is 3.97. The summed E-state index contributed by atoms with van der Waals surface area (Å²) in [6, 6.07) is 6.56. The molecule has 2 aromatic carbocycles. The van der Waals surface area contributed by atoms with Crippen molar-refractivity contribution >= 4 is 23.4 Å². The van der Waals surface area contributed by atoms with E-state index in [9.17, 15) is 14.4 Å². The highest BCUT2D eigenvalue weighted by Gasteiger charge is 2.39. The van der Waals surface area contributed by atoms with Crippen molar-refractivity contribution in [1.82, 2.24) is 15.1 Å². The Bertz CT molecular complexity index is 1500. The van der Waals surface area contributed by atoms with E-state index in [4.69, 9.17) is 12.3 Å². The lowest BCUT2D eigenvalue weighted by Gasteiger charge is -2.29. The van der Waals surface area contributed by atoms with Crippen molar-refractivity contribution in [2.75, 3.05) is 31.4 Å². The summed E-state index contributed by atoms with van der Waals surface area (Å²) in [4.78, 5) is 38.6. The first kappa shape index (κ1) is 14.2. The SMILES string of the molecule is [2H]C1([2H])OC([2H])([2H])C([2H])([2H])N(Cc2ccc(CNc3cccc4c3CN([C@@]3([2H])CCC(=O)NC3=O)C4=O)c(F)c2)C1([2H])[2H]. The van der Waals surface area contributed by atoms with Crippen molar-refractivity contribution in [2.24, 2.45) is 0 Å². The van der Waals surface area contributed by atoms with Gasteiger partial charge in [0.05, 0.1) is 20.0 Å². The van der Waals surface area contributed by atoms with Crippen LogP contribution in [0.2, 0.25) is 0 Å². The maximum absolute atomic E-state index is 15.2. The minimum atomic E-state index is -3.21. The molecule has 0 unspecified atom stereocenters. The molecular formula is C25H27FN4O4. The smallest absolute Gasteiger partial charge is 0.255 e. The van der Waals surface area contributed by atoms with Gasteiger partial charge in [-0.3, -0.25) is 24.6 Å². The maximum atomic E-state index is 15.2. The lowest BCUT2D eigenvalue weighted by Crippen LogP contribution is -2.52. The fraction of sp³-hybridized carbons (Fsp3) is 0.400. The maximum Gasteiger partial charge on any atom is 0.255 e. The van der Waals surface area contributed by atoms with Gasteiger partial charge in [-0.15, -0.1) is 0 Å². The Labute approximate surface area is 209 Å². The van der Waals surface area contributed by atoms with Gasteiger partial charge in [0, 0.05) is 66.9 Å². The van der Waals surface area contributed by atoms with E-state index < -0.39 is 62.2 Å². The number of carbonyl (C=O) groups excluding carboxylic acids is 3. The second-order valence-electron chi connectivity index (χ2n) is 7.94. The number of morpholine rings is 1. The number of ether oxygens (including phenoxy) is 1. The molecule has 0 bridgehead atoms. The van der Waals surface area contributed by atoms with Crippen LogP contribution in [-0.4, -0.2) is 59.7 Å². The molecule has 2 N–H and O–H groups in total. The van der Waals surface area contributed by atoms with Crippen molar-refractivity contribution in [3.8, 4) is 0 Å². The molecule has 8 nitrogen and oxygen atoms in total. The number of rotatable bonds is 6. The van der Waals surface area contributed by atoms with Crippen molar-refractivity contribution in [3.63, 3.8) is 0 Å². The molecule has 0 aromatic heterocycles. The second-order valence-corrected chi connectivity index (χ2v) is 7.94. The average molecular weight is 476 g/mol. The van der Waals surface area contributed by atoms with Crippen LogP contribution in [0.5, 0.6) is 0 Å². The van der Waals surface area contributed by atoms with Crippen molar-refractivity contribution in [1.29, 1.82) is 0 Å². The summed E-state index contributed by atoms with van der Waals surface area (Å²) in [5, 5.41) is 5.15. The highest BCUT2D eigenvalue weighted by molar-refractivity contribution is 6.06. The standard InChI is InChI=1S/C25H27FN4O4/c26-20-12-16(14-29-8-10-34-11-9-29)4-5-17(20)13-27-21-3-1-2-18-19(21)15-30(25(18)33)22-6-7-23(31)28-24(22)32/h1-5,12,22,27H,6-11,13-15H2,(H,28,31,32)/t22-/m0/s1/i8D2,9D2,10D2,11D2,22D. The van der Waals surface area contributed by atoms with Gasteiger partial charge in [0.25, 0.3) is 5.91 Å². The summed E-state index contributed by atoms with van der Waals surface area (Å²) >= 11 is 0. The molecule has 2 saturated heterocycles. The Morgan fingerprint density at radius 2 is 2.03 bits per heavy atom. The van der Waals surface area contributed by atoms with E-state index in [1.165, 1.54) is 12.1 Å². The monoisotopic (exact) mass is 475 g/mol. The number of hydrogen-bond donors (Lipinski definition) is 2. The summed E-state index contributed by atoms with van der Waals surface area (Å²) in [7, 11) is 0. The van der Waals surface area contributed by atoms with Gasteiger partial charge in [-0.05, 0) is 30.2 Å². The van der Waals surface area contributed by atoms with Gasteiger partial charge in [0.2, 0.25) is 11.8 Å². The number of nitrogens with zero attached hydrogens (tertiary/aromatic N) is 2. The van der Waals surface area contributed by atoms with Gasteiger partial charge in [-0.25, -0.2) is 4.39 Å². The molecule has 0 aliphatic carbocycles. The van der Waals surface area contributed by atoms with E-state index in [-0.39, 0.29) is 42.6 Å². The molecule has 2 fully saturated rings. The zero-order valence-electron chi connectivity index (χ0n) is 26.9. The van der Waals surface area contributed by atoms with Crippen LogP contribution < -0.4 is 10.6 Å². The third-order valence-corrected chi connectivity index (χ3v) is 5.79. The Morgan fingerprint density at radius 3 is 2.79 bits per heavy atom. The predicted octanol–water partition coefficient (Wildman–Crippen LogP) is 2.03. The van der Waals surface area contributed by atoms with Gasteiger partial charge in [-0.2, -0.15) is 0 Å². The number of piperidine rings is 1. The average Bonchev–Trinajstić information content (AvgIpc) is 3.25. The lowest BCUT2D eigenvalue weighted by atomic mass is 10.0. The first-order chi connectivity index (χ1) is 19.8. The molecule has 0 saturated carbocycles. The van der Waals surface area contributed by atoms with Crippen LogP contribution in [0.1, 0.15) is 52.2 Å². The molecular weight excluding hydrogens is 439 g/mol. The number of fused-ring (bicyclic) bond motifs is 1. The van der Waals surface area contributed by atoms with Gasteiger partial charge in [0.1, 0.15) is 11.8 Å². The van der Waals surface area contributed by atoms with Crippen LogP contribution in [0.4, 0.5) is 10.1 Å². The summed E-state index contributed by atoms with van der Waals surface area (Å²) in [6.45, 7) is -13.5. The minimum Gasteiger partial charge on any atom is -0.381 e.